The van der Waals surface area contributed by atoms with Crippen molar-refractivity contribution in [3.8, 4) is 0 Å². The minimum Gasteiger partial charge on any atom is -0.396 e. The van der Waals surface area contributed by atoms with Crippen LogP contribution in [0, 0.1) is 5.41 Å². The number of aromatic nitrogens is 2. The van der Waals surface area contributed by atoms with Crippen LogP contribution in [0.4, 0.5) is 11.6 Å². The van der Waals surface area contributed by atoms with Gasteiger partial charge in [-0.3, -0.25) is 0 Å². The normalized spacial score (nSPS) is 18.3. The first-order valence-electron chi connectivity index (χ1n) is 6.41. The molecule has 1 heterocycles. The number of hydrogen-bond donors (Lipinski definition) is 4. The molecule has 1 aliphatic rings. The Morgan fingerprint density at radius 1 is 1.22 bits per heavy atom. The number of hydrogen-bond acceptors (Lipinski definition) is 6. The molecule has 2 rings (SSSR count). The monoisotopic (exact) mass is 251 g/mol. The molecule has 0 aliphatic heterocycles. The molecule has 6 nitrogen and oxygen atoms in total. The van der Waals surface area contributed by atoms with Gasteiger partial charge in [-0.15, -0.1) is 0 Å². The Bertz CT molecular complexity index is 378. The van der Waals surface area contributed by atoms with E-state index in [1.54, 1.807) is 6.07 Å². The molecule has 0 bridgehead atoms. The maximum atomic E-state index is 9.62. The van der Waals surface area contributed by atoms with E-state index in [1.165, 1.54) is 25.6 Å². The van der Waals surface area contributed by atoms with Crippen LogP contribution in [-0.4, -0.2) is 28.2 Å². The molecule has 6 heteroatoms. The maximum Gasteiger partial charge on any atom is 0.145 e. The highest BCUT2D eigenvalue weighted by atomic mass is 16.3. The highest BCUT2D eigenvalue weighted by molar-refractivity contribution is 5.45. The number of nitrogens with zero attached hydrogens (tertiary/aromatic N) is 2. The van der Waals surface area contributed by atoms with Crippen molar-refractivity contribution in [1.82, 2.24) is 9.97 Å². The zero-order valence-corrected chi connectivity index (χ0v) is 10.5. The molecule has 0 saturated heterocycles. The molecule has 1 aromatic rings. The molecule has 0 amide bonds. The molecule has 1 aromatic heterocycles. The van der Waals surface area contributed by atoms with E-state index in [9.17, 15) is 5.11 Å². The molecule has 0 atom stereocenters. The Kier molecular flexibility index (Phi) is 4.33. The number of nitrogens with two attached hydrogens (primary N) is 1. The van der Waals surface area contributed by atoms with Crippen LogP contribution in [-0.2, 0) is 0 Å². The van der Waals surface area contributed by atoms with E-state index in [0.29, 0.717) is 5.82 Å². The van der Waals surface area contributed by atoms with Crippen molar-refractivity contribution in [2.45, 2.75) is 32.1 Å². The van der Waals surface area contributed by atoms with Gasteiger partial charge < -0.3 is 15.8 Å². The molecule has 1 fully saturated rings. The van der Waals surface area contributed by atoms with Gasteiger partial charge >= 0.3 is 0 Å². The summed E-state index contributed by atoms with van der Waals surface area (Å²) < 4.78 is 0. The van der Waals surface area contributed by atoms with E-state index in [2.05, 4.69) is 20.7 Å². The zero-order chi connectivity index (χ0) is 12.8. The highest BCUT2D eigenvalue weighted by Gasteiger charge is 2.31. The third-order valence-electron chi connectivity index (χ3n) is 3.71. The quantitative estimate of drug-likeness (QED) is 0.462. The first kappa shape index (κ1) is 13.0. The third-order valence-corrected chi connectivity index (χ3v) is 3.71. The second kappa shape index (κ2) is 5.97. The van der Waals surface area contributed by atoms with E-state index in [0.717, 1.165) is 25.2 Å². The third kappa shape index (κ3) is 3.08. The van der Waals surface area contributed by atoms with Crippen LogP contribution in [0.15, 0.2) is 12.4 Å². The fourth-order valence-corrected chi connectivity index (χ4v) is 2.50. The summed E-state index contributed by atoms with van der Waals surface area (Å²) in [7, 11) is 0. The number of aliphatic hydroxyl groups is 1. The van der Waals surface area contributed by atoms with Crippen molar-refractivity contribution in [3.05, 3.63) is 12.4 Å². The fraction of sp³-hybridized carbons (Fsp3) is 0.667. The summed E-state index contributed by atoms with van der Waals surface area (Å²) in [6.45, 7) is 0.970. The van der Waals surface area contributed by atoms with Crippen molar-refractivity contribution < 1.29 is 5.11 Å². The fourth-order valence-electron chi connectivity index (χ4n) is 2.50. The predicted molar refractivity (Wildman–Crippen MR) is 70.9 cm³/mol. The molecular formula is C12H21N5O. The number of nitrogens with one attached hydrogen (secondary N) is 2. The van der Waals surface area contributed by atoms with E-state index in [1.807, 2.05) is 0 Å². The molecule has 18 heavy (non-hydrogen) atoms. The molecule has 0 radical (unpaired) electrons. The lowest BCUT2D eigenvalue weighted by atomic mass is 9.74. The van der Waals surface area contributed by atoms with Crippen LogP contribution in [0.1, 0.15) is 32.1 Å². The van der Waals surface area contributed by atoms with Gasteiger partial charge in [-0.2, -0.15) is 0 Å². The van der Waals surface area contributed by atoms with Crippen molar-refractivity contribution in [3.63, 3.8) is 0 Å². The van der Waals surface area contributed by atoms with Crippen molar-refractivity contribution in [2.75, 3.05) is 23.9 Å². The van der Waals surface area contributed by atoms with Crippen molar-refractivity contribution in [2.24, 2.45) is 11.3 Å². The summed E-state index contributed by atoms with van der Waals surface area (Å²) in [6.07, 6.45) is 7.27. The largest absolute Gasteiger partial charge is 0.396 e. The maximum absolute atomic E-state index is 9.62. The smallest absolute Gasteiger partial charge is 0.145 e. The second-order valence-corrected chi connectivity index (χ2v) is 5.01. The summed E-state index contributed by atoms with van der Waals surface area (Å²) in [4.78, 5) is 8.09. The molecular weight excluding hydrogens is 230 g/mol. The van der Waals surface area contributed by atoms with Crippen LogP contribution in [0.5, 0.6) is 0 Å². The van der Waals surface area contributed by atoms with E-state index in [4.69, 9.17) is 5.84 Å². The molecule has 5 N–H and O–H groups in total. The number of nitrogen functional groups attached to an aromatic ring is 1. The molecule has 1 aliphatic carbocycles. The van der Waals surface area contributed by atoms with Crippen molar-refractivity contribution >= 4 is 11.6 Å². The van der Waals surface area contributed by atoms with Crippen molar-refractivity contribution in [1.29, 1.82) is 0 Å². The van der Waals surface area contributed by atoms with Gasteiger partial charge in [0, 0.05) is 18.0 Å². The van der Waals surface area contributed by atoms with Gasteiger partial charge in [-0.05, 0) is 12.8 Å². The van der Waals surface area contributed by atoms with E-state index >= 15 is 0 Å². The van der Waals surface area contributed by atoms with Crippen LogP contribution in [0.25, 0.3) is 0 Å². The van der Waals surface area contributed by atoms with Gasteiger partial charge in [0.25, 0.3) is 0 Å². The summed E-state index contributed by atoms with van der Waals surface area (Å²) in [5.74, 6) is 6.61. The van der Waals surface area contributed by atoms with Gasteiger partial charge in [0.1, 0.15) is 18.0 Å². The average Bonchev–Trinajstić information content (AvgIpc) is 2.46. The average molecular weight is 251 g/mol. The number of hydrazine groups is 1. The minimum atomic E-state index is -0.000490. The Balaban J connectivity index is 1.96. The molecule has 1 saturated carbocycles. The van der Waals surface area contributed by atoms with Gasteiger partial charge in [-0.1, -0.05) is 19.3 Å². The topological polar surface area (TPSA) is 96.1 Å². The standard InChI is InChI=1S/C12H21N5O/c13-17-11-6-10(15-9-16-11)14-7-12(8-18)4-2-1-3-5-12/h6,9,18H,1-5,7-8,13H2,(H2,14,15,16,17). The van der Waals surface area contributed by atoms with Crippen LogP contribution in [0.3, 0.4) is 0 Å². The molecule has 0 aromatic carbocycles. The SMILES string of the molecule is NNc1cc(NCC2(CO)CCCCC2)ncn1. The molecule has 100 valence electrons. The van der Waals surface area contributed by atoms with Crippen LogP contribution < -0.4 is 16.6 Å². The van der Waals surface area contributed by atoms with Crippen LogP contribution in [0.2, 0.25) is 0 Å². The Morgan fingerprint density at radius 3 is 2.61 bits per heavy atom. The lowest BCUT2D eigenvalue weighted by molar-refractivity contribution is 0.0943. The predicted octanol–water partition coefficient (Wildman–Crippen LogP) is 1.12. The summed E-state index contributed by atoms with van der Waals surface area (Å²) in [6, 6.07) is 1.76. The Labute approximate surface area is 107 Å². The summed E-state index contributed by atoms with van der Waals surface area (Å²) in [5, 5.41) is 12.9. The number of anilines is 2. The second-order valence-electron chi connectivity index (χ2n) is 5.01. The number of aliphatic hydroxyl groups excluding tert-OH is 1. The Hall–Kier alpha value is -1.40. The first-order valence-corrected chi connectivity index (χ1v) is 6.41. The van der Waals surface area contributed by atoms with Crippen LogP contribution >= 0.6 is 0 Å². The van der Waals surface area contributed by atoms with Gasteiger partial charge in [0.2, 0.25) is 0 Å². The van der Waals surface area contributed by atoms with E-state index in [-0.39, 0.29) is 12.0 Å². The minimum absolute atomic E-state index is 0.000490. The van der Waals surface area contributed by atoms with E-state index < -0.39 is 0 Å². The lowest BCUT2D eigenvalue weighted by Gasteiger charge is -2.35. The lowest BCUT2D eigenvalue weighted by Crippen LogP contribution is -2.35. The highest BCUT2D eigenvalue weighted by Crippen LogP contribution is 2.35. The summed E-state index contributed by atoms with van der Waals surface area (Å²) >= 11 is 0. The molecule has 0 spiro atoms. The number of rotatable bonds is 5. The Morgan fingerprint density at radius 2 is 1.94 bits per heavy atom. The zero-order valence-electron chi connectivity index (χ0n) is 10.5. The first-order chi connectivity index (χ1) is 8.78. The summed E-state index contributed by atoms with van der Waals surface area (Å²) in [5.41, 5.74) is 2.49. The molecule has 0 unspecified atom stereocenters. The van der Waals surface area contributed by atoms with Gasteiger partial charge in [0.15, 0.2) is 0 Å². The van der Waals surface area contributed by atoms with Gasteiger partial charge in [0.05, 0.1) is 6.61 Å². The van der Waals surface area contributed by atoms with Gasteiger partial charge in [-0.25, -0.2) is 15.8 Å².